The van der Waals surface area contributed by atoms with E-state index in [-0.39, 0.29) is 24.5 Å². The number of nitrogens with one attached hydrogen (secondary N) is 1. The van der Waals surface area contributed by atoms with Crippen LogP contribution in [0.1, 0.15) is 15.9 Å². The number of ether oxygens (including phenoxy) is 2. The van der Waals surface area contributed by atoms with Gasteiger partial charge in [-0.1, -0.05) is 36.4 Å². The lowest BCUT2D eigenvalue weighted by molar-refractivity contribution is 0.0689. The number of carbonyl (C=O) groups excluding carboxylic acids is 1. The fourth-order valence-electron chi connectivity index (χ4n) is 1.92. The van der Waals surface area contributed by atoms with Crippen LogP contribution < -0.4 is 5.32 Å². The highest BCUT2D eigenvalue weighted by atomic mass is 16.6. The number of carbonyl (C=O) groups is 2. The Morgan fingerprint density at radius 1 is 1.00 bits per heavy atom. The van der Waals surface area contributed by atoms with Crippen molar-refractivity contribution in [3.05, 3.63) is 59.7 Å². The topological polar surface area (TPSA) is 105 Å². The van der Waals surface area contributed by atoms with Gasteiger partial charge in [0.15, 0.2) is 5.75 Å². The molecule has 126 valence electrons. The molecule has 7 heteroatoms. The third-order valence-electron chi connectivity index (χ3n) is 3.08. The third kappa shape index (κ3) is 4.99. The fraction of sp³-hybridized carbons (Fsp3) is 0.176. The van der Waals surface area contributed by atoms with Gasteiger partial charge in [-0.3, -0.25) is 5.32 Å². The van der Waals surface area contributed by atoms with Gasteiger partial charge in [0.25, 0.3) is 0 Å². The number of amides is 1. The van der Waals surface area contributed by atoms with E-state index < -0.39 is 17.8 Å². The first-order valence-corrected chi connectivity index (χ1v) is 7.18. The summed E-state index contributed by atoms with van der Waals surface area (Å²) >= 11 is 0. The maximum absolute atomic E-state index is 11.6. The van der Waals surface area contributed by atoms with Crippen molar-refractivity contribution in [2.24, 2.45) is 0 Å². The molecule has 0 aliphatic carbocycles. The van der Waals surface area contributed by atoms with Gasteiger partial charge in [-0.25, -0.2) is 9.59 Å². The Bertz CT molecular complexity index is 701. The number of para-hydroxylation sites is 1. The number of hydrogen-bond acceptors (Lipinski definition) is 5. The summed E-state index contributed by atoms with van der Waals surface area (Å²) < 4.78 is 10.3. The Kier molecular flexibility index (Phi) is 6.16. The monoisotopic (exact) mass is 331 g/mol. The zero-order valence-corrected chi connectivity index (χ0v) is 12.8. The van der Waals surface area contributed by atoms with Crippen LogP contribution in [0.5, 0.6) is 5.75 Å². The van der Waals surface area contributed by atoms with Crippen molar-refractivity contribution in [1.82, 2.24) is 0 Å². The van der Waals surface area contributed by atoms with Crippen LogP contribution in [0.25, 0.3) is 0 Å². The van der Waals surface area contributed by atoms with Gasteiger partial charge < -0.3 is 19.7 Å². The molecule has 0 radical (unpaired) electrons. The fourth-order valence-corrected chi connectivity index (χ4v) is 1.92. The molecule has 0 aliphatic rings. The number of hydrogen-bond donors (Lipinski definition) is 3. The number of carboxylic acid groups (broad SMARTS) is 1. The number of aromatic carboxylic acids is 1. The van der Waals surface area contributed by atoms with Crippen LogP contribution in [0.3, 0.4) is 0 Å². The van der Waals surface area contributed by atoms with Crippen LogP contribution in [-0.4, -0.2) is 35.5 Å². The average Bonchev–Trinajstić information content (AvgIpc) is 2.57. The van der Waals surface area contributed by atoms with E-state index in [1.807, 2.05) is 30.3 Å². The van der Waals surface area contributed by atoms with Gasteiger partial charge in [-0.15, -0.1) is 0 Å². The first-order chi connectivity index (χ1) is 11.6. The van der Waals surface area contributed by atoms with Crippen molar-refractivity contribution in [1.29, 1.82) is 0 Å². The maximum Gasteiger partial charge on any atom is 0.411 e. The summed E-state index contributed by atoms with van der Waals surface area (Å²) in [5, 5.41) is 21.0. The highest BCUT2D eigenvalue weighted by Crippen LogP contribution is 2.27. The van der Waals surface area contributed by atoms with Crippen molar-refractivity contribution in [3.8, 4) is 5.75 Å². The summed E-state index contributed by atoms with van der Waals surface area (Å²) in [5.41, 5.74) is 0.668. The van der Waals surface area contributed by atoms with Crippen molar-refractivity contribution in [2.45, 2.75) is 6.61 Å². The molecule has 2 aromatic carbocycles. The van der Waals surface area contributed by atoms with E-state index in [1.165, 1.54) is 18.2 Å². The van der Waals surface area contributed by atoms with Gasteiger partial charge in [0.05, 0.1) is 18.9 Å². The van der Waals surface area contributed by atoms with E-state index >= 15 is 0 Å². The van der Waals surface area contributed by atoms with Crippen molar-refractivity contribution < 1.29 is 29.3 Å². The number of benzene rings is 2. The second kappa shape index (κ2) is 8.54. The molecule has 2 rings (SSSR count). The minimum atomic E-state index is -1.29. The largest absolute Gasteiger partial charge is 0.505 e. The zero-order valence-electron chi connectivity index (χ0n) is 12.8. The molecule has 2 aromatic rings. The second-order valence-electron chi connectivity index (χ2n) is 4.81. The molecule has 1 amide bonds. The summed E-state index contributed by atoms with van der Waals surface area (Å²) in [6.07, 6.45) is -0.809. The number of phenols is 1. The van der Waals surface area contributed by atoms with Gasteiger partial charge in [-0.2, -0.15) is 0 Å². The molecule has 0 aromatic heterocycles. The predicted molar refractivity (Wildman–Crippen MR) is 86.1 cm³/mol. The van der Waals surface area contributed by atoms with E-state index in [9.17, 15) is 14.7 Å². The lowest BCUT2D eigenvalue weighted by Gasteiger charge is -2.10. The van der Waals surface area contributed by atoms with E-state index in [0.29, 0.717) is 6.61 Å². The van der Waals surface area contributed by atoms with Crippen molar-refractivity contribution >= 4 is 17.7 Å². The summed E-state index contributed by atoms with van der Waals surface area (Å²) in [6, 6.07) is 13.6. The summed E-state index contributed by atoms with van der Waals surface area (Å²) in [5.74, 6) is -1.82. The Labute approximate surface area is 138 Å². The first-order valence-electron chi connectivity index (χ1n) is 7.18. The maximum atomic E-state index is 11.6. The summed E-state index contributed by atoms with van der Waals surface area (Å²) in [4.78, 5) is 22.5. The molecular formula is C17H17NO6. The second-order valence-corrected chi connectivity index (χ2v) is 4.81. The van der Waals surface area contributed by atoms with Crippen LogP contribution in [0.15, 0.2) is 48.5 Å². The van der Waals surface area contributed by atoms with Crippen LogP contribution in [-0.2, 0) is 16.1 Å². The minimum absolute atomic E-state index is 0.0258. The zero-order chi connectivity index (χ0) is 17.4. The van der Waals surface area contributed by atoms with Crippen LogP contribution in [0.4, 0.5) is 10.5 Å². The Morgan fingerprint density at radius 3 is 2.46 bits per heavy atom. The smallest absolute Gasteiger partial charge is 0.411 e. The molecule has 0 saturated carbocycles. The van der Waals surface area contributed by atoms with E-state index in [2.05, 4.69) is 5.32 Å². The molecule has 0 saturated heterocycles. The number of rotatable bonds is 7. The average molecular weight is 331 g/mol. The molecule has 0 bridgehead atoms. The third-order valence-corrected chi connectivity index (χ3v) is 3.08. The van der Waals surface area contributed by atoms with Crippen LogP contribution >= 0.6 is 0 Å². The Balaban J connectivity index is 1.74. The highest BCUT2D eigenvalue weighted by Gasteiger charge is 2.14. The van der Waals surface area contributed by atoms with E-state index in [4.69, 9.17) is 14.6 Å². The van der Waals surface area contributed by atoms with Crippen LogP contribution in [0, 0.1) is 0 Å². The van der Waals surface area contributed by atoms with Gasteiger partial charge in [-0.05, 0) is 17.7 Å². The molecule has 0 fully saturated rings. The Hall–Kier alpha value is -3.06. The SMILES string of the molecule is O=C(Nc1cccc(C(=O)O)c1O)OCCOCc1ccccc1. The molecule has 0 aliphatic heterocycles. The Morgan fingerprint density at radius 2 is 1.75 bits per heavy atom. The number of carboxylic acids is 1. The van der Waals surface area contributed by atoms with Crippen molar-refractivity contribution in [2.75, 3.05) is 18.5 Å². The van der Waals surface area contributed by atoms with Crippen molar-refractivity contribution in [3.63, 3.8) is 0 Å². The first kappa shape index (κ1) is 17.3. The molecule has 0 spiro atoms. The molecule has 0 heterocycles. The molecule has 24 heavy (non-hydrogen) atoms. The molecule has 7 nitrogen and oxygen atoms in total. The molecule has 0 unspecified atom stereocenters. The highest BCUT2D eigenvalue weighted by molar-refractivity contribution is 5.96. The predicted octanol–water partition coefficient (Wildman–Crippen LogP) is 2.86. The van der Waals surface area contributed by atoms with Gasteiger partial charge in [0.2, 0.25) is 0 Å². The minimum Gasteiger partial charge on any atom is -0.505 e. The molecule has 0 atom stereocenters. The normalized spacial score (nSPS) is 10.2. The lowest BCUT2D eigenvalue weighted by Crippen LogP contribution is -2.17. The van der Waals surface area contributed by atoms with Gasteiger partial charge >= 0.3 is 12.1 Å². The summed E-state index contributed by atoms with van der Waals surface area (Å²) in [6.45, 7) is 0.648. The molecular weight excluding hydrogens is 314 g/mol. The van der Waals surface area contributed by atoms with Gasteiger partial charge in [0.1, 0.15) is 12.2 Å². The number of anilines is 1. The lowest BCUT2D eigenvalue weighted by atomic mass is 10.2. The van der Waals surface area contributed by atoms with Crippen LogP contribution in [0.2, 0.25) is 0 Å². The van der Waals surface area contributed by atoms with E-state index in [0.717, 1.165) is 5.56 Å². The molecule has 3 N–H and O–H groups in total. The standard InChI is InChI=1S/C17H17NO6/c19-15-13(16(20)21)7-4-8-14(15)18-17(22)24-10-9-23-11-12-5-2-1-3-6-12/h1-8,19H,9-11H2,(H,18,22)(H,20,21). The quantitative estimate of drug-likeness (QED) is 0.532. The number of aromatic hydroxyl groups is 1. The summed E-state index contributed by atoms with van der Waals surface area (Å²) in [7, 11) is 0. The van der Waals surface area contributed by atoms with Gasteiger partial charge in [0, 0.05) is 0 Å². The van der Waals surface area contributed by atoms with E-state index in [1.54, 1.807) is 0 Å².